The van der Waals surface area contributed by atoms with Gasteiger partial charge in [-0.25, -0.2) is 12.6 Å². The SMILES string of the molecule is CCOP(=O)([O-])CN(C[C-]=O)Cc1cc(C#Cc2ccc(C#CCCCCC(=O)[O-])c3ccccc23)cc(CN(CC(=O)[O-])CP(=O)([O-])OCC)n1.CCOP(=O)([O-])CN(C[C-]=O)Cc1cc(C#Cc2ccc(C(=O)NCCCC(=O)[O-])c3ccccc23)cc(CN(CC(=O)[O-])CP(=O)([O-])OCC)n1.[Na+].[Na+].[Na+].[Na+].[Na+].[Na+].[Na+].[Na+].[Na+].[Na+].[OH-].[OH-]. The Morgan fingerprint density at radius 3 is 1.07 bits per heavy atom. The number of carboxylic acid groups (broad SMARTS) is 4. The molecule has 0 aliphatic rings. The van der Waals surface area contributed by atoms with Crippen molar-refractivity contribution in [1.29, 1.82) is 0 Å². The second kappa shape index (κ2) is 70.4. The molecule has 0 radical (unpaired) electrons. The second-order valence-electron chi connectivity index (χ2n) is 22.9. The van der Waals surface area contributed by atoms with Crippen molar-refractivity contribution in [1.82, 2.24) is 34.9 Å². The maximum atomic E-state index is 12.9. The first-order valence-corrected chi connectivity index (χ1v) is 39.3. The normalized spacial score (nSPS) is 12.1. The van der Waals surface area contributed by atoms with Crippen molar-refractivity contribution in [3.05, 3.63) is 153 Å². The molecule has 0 bridgehead atoms. The van der Waals surface area contributed by atoms with Gasteiger partial charge in [0.2, 0.25) is 0 Å². The third kappa shape index (κ3) is 52.7. The van der Waals surface area contributed by atoms with Crippen molar-refractivity contribution in [3.8, 4) is 35.5 Å². The Bertz CT molecular complexity index is 4470. The molecule has 0 aliphatic heterocycles. The quantitative estimate of drug-likeness (QED) is 0.0122. The molecule has 32 nitrogen and oxygen atoms in total. The number of carboxylic acids is 4. The predicted molar refractivity (Wildman–Crippen MR) is 369 cm³/mol. The van der Waals surface area contributed by atoms with E-state index in [1.54, 1.807) is 67.2 Å². The molecule has 4 unspecified atom stereocenters. The molecule has 46 heteroatoms. The molecular weight excluding hydrogens is 1690 g/mol. The van der Waals surface area contributed by atoms with E-state index < -0.39 is 111 Å². The van der Waals surface area contributed by atoms with Crippen LogP contribution in [0, 0.1) is 35.5 Å². The molecule has 6 aromatic rings. The molecule has 2 heterocycles. The van der Waals surface area contributed by atoms with E-state index in [4.69, 9.17) is 18.1 Å². The van der Waals surface area contributed by atoms with E-state index in [2.05, 4.69) is 50.8 Å². The molecule has 0 saturated heterocycles. The molecule has 4 atom stereocenters. The number of aliphatic carboxylic acids is 4. The van der Waals surface area contributed by atoms with Crippen LogP contribution >= 0.6 is 30.4 Å². The summed E-state index contributed by atoms with van der Waals surface area (Å²) in [5.74, 6) is 12.7. The van der Waals surface area contributed by atoms with Crippen LogP contribution in [0.5, 0.6) is 0 Å². The van der Waals surface area contributed by atoms with Gasteiger partial charge in [0.1, 0.15) is 30.4 Å². The van der Waals surface area contributed by atoms with Gasteiger partial charge >= 0.3 is 296 Å². The second-order valence-corrected chi connectivity index (χ2v) is 29.9. The number of hydrogen-bond donors (Lipinski definition) is 1. The average Bonchev–Trinajstić information content (AvgIpc) is 0.798. The van der Waals surface area contributed by atoms with Crippen LogP contribution in [0.1, 0.15) is 127 Å². The monoisotopic (exact) mass is 1770 g/mol. The molecule has 0 aliphatic carbocycles. The van der Waals surface area contributed by atoms with Crippen LogP contribution < -0.4 is 341 Å². The van der Waals surface area contributed by atoms with Gasteiger partial charge in [0.15, 0.2) is 0 Å². The summed E-state index contributed by atoms with van der Waals surface area (Å²) in [6.45, 7) is 2.26. The fraction of sp³-hybridized carbons (Fsp3) is 0.386. The molecule has 6 rings (SSSR count). The first-order chi connectivity index (χ1) is 49.4. The van der Waals surface area contributed by atoms with Crippen molar-refractivity contribution < 1.29 is 416 Å². The maximum absolute atomic E-state index is 12.9. The topological polar surface area (TPSA) is 520 Å². The zero-order valence-corrected chi connectivity index (χ0v) is 91.8. The fourth-order valence-corrected chi connectivity index (χ4v) is 15.0. The minimum absolute atomic E-state index is 0. The van der Waals surface area contributed by atoms with Crippen molar-refractivity contribution in [2.45, 2.75) is 92.4 Å². The Morgan fingerprint density at radius 1 is 0.422 bits per heavy atom. The van der Waals surface area contributed by atoms with Crippen molar-refractivity contribution in [2.24, 2.45) is 0 Å². The van der Waals surface area contributed by atoms with Crippen molar-refractivity contribution in [2.75, 3.05) is 84.3 Å². The molecule has 116 heavy (non-hydrogen) atoms. The summed E-state index contributed by atoms with van der Waals surface area (Å²) in [5, 5.41) is 49.9. The Morgan fingerprint density at radius 2 is 0.733 bits per heavy atom. The smallest absolute Gasteiger partial charge is 0.870 e. The first kappa shape index (κ1) is 133. The Labute approximate surface area is 896 Å². The number of pyridine rings is 2. The Hall–Kier alpha value is 1.43. The summed E-state index contributed by atoms with van der Waals surface area (Å²) < 4.78 is 68.9. The van der Waals surface area contributed by atoms with Crippen LogP contribution in [0.3, 0.4) is 0 Å². The molecule has 0 fully saturated rings. The number of unbranched alkanes of at least 4 members (excludes halogenated alkanes) is 2. The van der Waals surface area contributed by atoms with Gasteiger partial charge < -0.3 is 131 Å². The van der Waals surface area contributed by atoms with Crippen molar-refractivity contribution in [3.63, 3.8) is 0 Å². The van der Waals surface area contributed by atoms with Gasteiger partial charge in [0, 0.05) is 97.6 Å². The largest absolute Gasteiger partial charge is 1.00 e. The van der Waals surface area contributed by atoms with Gasteiger partial charge in [-0.2, -0.15) is 0 Å². The summed E-state index contributed by atoms with van der Waals surface area (Å²) in [7, 11) is -17.7. The third-order valence-corrected chi connectivity index (χ3v) is 19.8. The molecule has 3 N–H and O–H groups in total. The van der Waals surface area contributed by atoms with E-state index in [-0.39, 0.29) is 408 Å². The molecular formula is C70H77N7Na10O25P4-2. The number of nitrogens with zero attached hydrogens (tertiary/aromatic N) is 6. The number of amides is 1. The fourth-order valence-electron chi connectivity index (χ4n) is 10.4. The number of benzene rings is 4. The van der Waals surface area contributed by atoms with Gasteiger partial charge in [-0.05, 0) is 130 Å². The van der Waals surface area contributed by atoms with E-state index in [0.29, 0.717) is 57.9 Å². The molecule has 4 aromatic carbocycles. The number of rotatable bonds is 41. The number of carbonyl (C=O) groups excluding carboxylic acids is 7. The number of fused-ring (bicyclic) bond motifs is 2. The van der Waals surface area contributed by atoms with Crippen molar-refractivity contribution >= 4 is 94.3 Å². The number of hydrogen-bond acceptors (Lipinski definition) is 31. The third-order valence-electron chi connectivity index (χ3n) is 14.3. The summed E-state index contributed by atoms with van der Waals surface area (Å²) in [5.41, 5.74) is 3.84. The zero-order chi connectivity index (χ0) is 76.5. The van der Waals surface area contributed by atoms with E-state index in [1.165, 1.54) is 49.6 Å². The summed E-state index contributed by atoms with van der Waals surface area (Å²) in [4.78, 5) is 143. The molecule has 0 spiro atoms. The summed E-state index contributed by atoms with van der Waals surface area (Å²) in [6, 6.07) is 27.5. The van der Waals surface area contributed by atoms with Gasteiger partial charge in [-0.3, -0.25) is 24.6 Å². The van der Waals surface area contributed by atoms with Gasteiger partial charge in [0.05, 0.1) is 86.3 Å². The van der Waals surface area contributed by atoms with Gasteiger partial charge in [0.25, 0.3) is 5.91 Å². The molecule has 1 amide bonds. The maximum Gasteiger partial charge on any atom is 1.00 e. The zero-order valence-electron chi connectivity index (χ0n) is 68.3. The summed E-state index contributed by atoms with van der Waals surface area (Å²) in [6.07, 6.45) is 2.17. The standard InChI is InChI=1S/C36H42N3O11P2.C34H41N4O12P2.10Na.2H2O/c1-3-49-51(45,46)26-38(19-20-40)23-31-21-28(22-32(37-31)24-39(25-36(43)44)27-52(47,48)50-4-2)15-16-30-18-17-29(33-12-9-10-13-34(30)33)11-7-5-6-8-14-35(41)42;1-3-49-51(45,46)23-37(16-17-39)20-27-18-25(19-28(36-27)21-38(22-33(42)43)24-52(47,48)50-4-2)11-12-26-13-14-31(30-9-6-5-8-29(26)30)34(44)35-15-7-10-32(40)41;;;;;;;;;;;;/h9-10,12-13,17-18,21-22H,3-6,8,14,19,23-27H2,1-2H3,(H,41,42)(H,43,44)(H,45,46)(H,47,48);5-6,8-9,13-14,18-19H,3-4,7,10,15-16,20-24H2,1-2H3,(H,35,44)(H,40,41)(H,42,43)(H,45,46)(H,47,48);;;;;;;;;;;2*1H2/q2*-1;10*+1;;/p-10. The van der Waals surface area contributed by atoms with Crippen LogP contribution in [0.4, 0.5) is 0 Å². The minimum Gasteiger partial charge on any atom is -0.870 e. The number of carbonyl (C=O) groups is 5. The average molecular weight is 1770 g/mol. The Balaban J connectivity index is -0.000000304. The molecule has 2 aromatic heterocycles. The van der Waals surface area contributed by atoms with Gasteiger partial charge in [-0.15, -0.1) is 0 Å². The van der Waals surface area contributed by atoms with E-state index >= 15 is 0 Å². The number of aromatic nitrogens is 2. The molecule has 0 saturated carbocycles. The van der Waals surface area contributed by atoms with Crippen LogP contribution in [0.25, 0.3) is 21.5 Å². The van der Waals surface area contributed by atoms with Crippen LogP contribution in [-0.2, 0) is 91.3 Å². The van der Waals surface area contributed by atoms with Crippen LogP contribution in [0.2, 0.25) is 0 Å². The van der Waals surface area contributed by atoms with Crippen LogP contribution in [0.15, 0.2) is 97.1 Å². The van der Waals surface area contributed by atoms with E-state index in [1.807, 2.05) is 30.3 Å². The van der Waals surface area contributed by atoms with Crippen LogP contribution in [-0.4, -0.2) is 167 Å². The number of nitrogens with one attached hydrogen (secondary N) is 1. The predicted octanol–water partition coefficient (Wildman–Crippen LogP) is -30.0. The van der Waals surface area contributed by atoms with E-state index in [0.717, 1.165) is 26.1 Å². The first-order valence-electron chi connectivity index (χ1n) is 32.4. The molecule has 574 valence electrons. The summed E-state index contributed by atoms with van der Waals surface area (Å²) >= 11 is 0. The Kier molecular flexibility index (Phi) is 80.7. The van der Waals surface area contributed by atoms with E-state index in [9.17, 15) is 91.8 Å². The minimum atomic E-state index is -4.48. The van der Waals surface area contributed by atoms with Gasteiger partial charge in [-0.1, -0.05) is 97.1 Å².